The van der Waals surface area contributed by atoms with Gasteiger partial charge in [-0.05, 0) is 60.7 Å². The summed E-state index contributed by atoms with van der Waals surface area (Å²) < 4.78 is 37.0. The molecule has 0 spiro atoms. The summed E-state index contributed by atoms with van der Waals surface area (Å²) >= 11 is 0. The van der Waals surface area contributed by atoms with Gasteiger partial charge >= 0.3 is 5.97 Å². The van der Waals surface area contributed by atoms with Gasteiger partial charge in [-0.2, -0.15) is 0 Å². The molecule has 0 saturated carbocycles. The minimum Gasteiger partial charge on any atom is -0.468 e. The summed E-state index contributed by atoms with van der Waals surface area (Å²) in [6.45, 7) is -0.569. The van der Waals surface area contributed by atoms with Crippen LogP contribution in [0.4, 0.5) is 5.69 Å². The number of rotatable bonds is 9. The lowest BCUT2D eigenvalue weighted by atomic mass is 10.2. The first-order valence-corrected chi connectivity index (χ1v) is 10.7. The highest BCUT2D eigenvalue weighted by molar-refractivity contribution is 7.89. The molecule has 11 heteroatoms. The largest absolute Gasteiger partial charge is 0.468 e. The highest BCUT2D eigenvalue weighted by Gasteiger charge is 2.16. The standard InChI is InChI=1S/C21H19N3O7S/c22-20(26)14-3-7-16(8-4-14)24-19(25)13-31-21(27)15-5-9-18(10-6-15)32(28,29)23-12-17-2-1-11-30-17/h1-11,23H,12-13H2,(H2,22,26)(H,24,25). The maximum atomic E-state index is 12.3. The molecule has 0 unspecified atom stereocenters. The molecule has 0 aliphatic heterocycles. The molecule has 0 fully saturated rings. The Morgan fingerprint density at radius 3 is 2.19 bits per heavy atom. The van der Waals surface area contributed by atoms with Gasteiger partial charge in [0.1, 0.15) is 5.76 Å². The Morgan fingerprint density at radius 2 is 1.59 bits per heavy atom. The Hall–Kier alpha value is -3.96. The van der Waals surface area contributed by atoms with Crippen molar-refractivity contribution in [1.29, 1.82) is 0 Å². The van der Waals surface area contributed by atoms with E-state index in [9.17, 15) is 22.8 Å². The number of anilines is 1. The second-order valence-corrected chi connectivity index (χ2v) is 8.26. The zero-order chi connectivity index (χ0) is 23.1. The molecule has 0 aliphatic carbocycles. The average molecular weight is 457 g/mol. The summed E-state index contributed by atoms with van der Waals surface area (Å²) in [5.74, 6) is -1.52. The van der Waals surface area contributed by atoms with Gasteiger partial charge in [0.05, 0.1) is 23.3 Å². The fourth-order valence-corrected chi connectivity index (χ4v) is 3.56. The van der Waals surface area contributed by atoms with Crippen molar-refractivity contribution in [2.75, 3.05) is 11.9 Å². The zero-order valence-electron chi connectivity index (χ0n) is 16.6. The number of sulfonamides is 1. The SMILES string of the molecule is NC(=O)c1ccc(NC(=O)COC(=O)c2ccc(S(=O)(=O)NCc3ccco3)cc2)cc1. The quantitative estimate of drug-likeness (QED) is 0.412. The minimum absolute atomic E-state index is 0.0144. The van der Waals surface area contributed by atoms with Crippen molar-refractivity contribution >= 4 is 33.5 Å². The van der Waals surface area contributed by atoms with Gasteiger partial charge in [0, 0.05) is 11.3 Å². The summed E-state index contributed by atoms with van der Waals surface area (Å²) in [6.07, 6.45) is 1.43. The maximum absolute atomic E-state index is 12.3. The highest BCUT2D eigenvalue weighted by Crippen LogP contribution is 2.13. The summed E-state index contributed by atoms with van der Waals surface area (Å²) in [7, 11) is -3.80. The average Bonchev–Trinajstić information content (AvgIpc) is 3.30. The van der Waals surface area contributed by atoms with Gasteiger partial charge in [-0.3, -0.25) is 9.59 Å². The number of benzene rings is 2. The van der Waals surface area contributed by atoms with Crippen LogP contribution >= 0.6 is 0 Å². The Kier molecular flexibility index (Phi) is 7.03. The molecule has 0 aliphatic rings. The van der Waals surface area contributed by atoms with E-state index in [1.165, 1.54) is 54.8 Å². The van der Waals surface area contributed by atoms with Gasteiger partial charge < -0.3 is 20.2 Å². The number of esters is 1. The number of carbonyl (C=O) groups excluding carboxylic acids is 3. The first-order chi connectivity index (χ1) is 15.2. The number of carbonyl (C=O) groups is 3. The number of hydrogen-bond acceptors (Lipinski definition) is 7. The van der Waals surface area contributed by atoms with Gasteiger partial charge in [0.15, 0.2) is 6.61 Å². The van der Waals surface area contributed by atoms with Crippen molar-refractivity contribution in [2.45, 2.75) is 11.4 Å². The second-order valence-electron chi connectivity index (χ2n) is 6.49. The smallest absolute Gasteiger partial charge is 0.338 e. The zero-order valence-corrected chi connectivity index (χ0v) is 17.4. The van der Waals surface area contributed by atoms with Gasteiger partial charge in [0.2, 0.25) is 15.9 Å². The van der Waals surface area contributed by atoms with Crippen LogP contribution in [0.5, 0.6) is 0 Å². The van der Waals surface area contributed by atoms with Crippen LogP contribution in [-0.4, -0.2) is 32.8 Å². The fourth-order valence-electron chi connectivity index (χ4n) is 2.56. The van der Waals surface area contributed by atoms with E-state index in [4.69, 9.17) is 14.9 Å². The predicted molar refractivity (Wildman–Crippen MR) is 113 cm³/mol. The third kappa shape index (κ3) is 6.03. The minimum atomic E-state index is -3.80. The molecule has 1 aromatic heterocycles. The maximum Gasteiger partial charge on any atom is 0.338 e. The van der Waals surface area contributed by atoms with E-state index < -0.39 is 34.4 Å². The van der Waals surface area contributed by atoms with Gasteiger partial charge in [-0.25, -0.2) is 17.9 Å². The third-order valence-electron chi connectivity index (χ3n) is 4.20. The van der Waals surface area contributed by atoms with Crippen LogP contribution in [0.1, 0.15) is 26.5 Å². The molecule has 32 heavy (non-hydrogen) atoms. The summed E-state index contributed by atoms with van der Waals surface area (Å²) in [5, 5.41) is 2.51. The lowest BCUT2D eigenvalue weighted by Gasteiger charge is -2.08. The molecular formula is C21H19N3O7S. The number of furan rings is 1. The molecule has 0 radical (unpaired) electrons. The van der Waals surface area contributed by atoms with Crippen LogP contribution in [0.3, 0.4) is 0 Å². The van der Waals surface area contributed by atoms with Gasteiger partial charge in [-0.1, -0.05) is 0 Å². The molecule has 10 nitrogen and oxygen atoms in total. The molecule has 2 aromatic carbocycles. The van der Waals surface area contributed by atoms with E-state index in [1.807, 2.05) is 0 Å². The van der Waals surface area contributed by atoms with Crippen LogP contribution in [0.15, 0.2) is 76.2 Å². The molecule has 3 rings (SSSR count). The van der Waals surface area contributed by atoms with Crippen LogP contribution < -0.4 is 15.8 Å². The monoisotopic (exact) mass is 457 g/mol. The Balaban J connectivity index is 1.51. The number of hydrogen-bond donors (Lipinski definition) is 3. The molecule has 2 amide bonds. The Bertz CT molecular complexity index is 1200. The van der Waals surface area contributed by atoms with Crippen molar-refractivity contribution in [1.82, 2.24) is 4.72 Å². The van der Waals surface area contributed by atoms with Crippen LogP contribution in [0.25, 0.3) is 0 Å². The number of nitrogens with one attached hydrogen (secondary N) is 2. The van der Waals surface area contributed by atoms with E-state index in [0.717, 1.165) is 0 Å². The van der Waals surface area contributed by atoms with Crippen LogP contribution in [0, 0.1) is 0 Å². The van der Waals surface area contributed by atoms with Crippen molar-refractivity contribution in [2.24, 2.45) is 5.73 Å². The third-order valence-corrected chi connectivity index (χ3v) is 5.62. The van der Waals surface area contributed by atoms with Crippen molar-refractivity contribution in [3.63, 3.8) is 0 Å². The number of ether oxygens (including phenoxy) is 1. The predicted octanol–water partition coefficient (Wildman–Crippen LogP) is 1.65. The Labute approximate surface area is 183 Å². The number of primary amides is 1. The lowest BCUT2D eigenvalue weighted by molar-refractivity contribution is -0.119. The van der Waals surface area contributed by atoms with Gasteiger partial charge in [-0.15, -0.1) is 0 Å². The molecule has 0 atom stereocenters. The molecular weight excluding hydrogens is 438 g/mol. The lowest BCUT2D eigenvalue weighted by Crippen LogP contribution is -2.23. The van der Waals surface area contributed by atoms with Crippen molar-refractivity contribution < 1.29 is 32.0 Å². The fraction of sp³-hybridized carbons (Fsp3) is 0.0952. The first kappa shape index (κ1) is 22.7. The van der Waals surface area contributed by atoms with Crippen molar-refractivity contribution in [3.05, 3.63) is 83.8 Å². The second kappa shape index (κ2) is 9.90. The molecule has 0 saturated heterocycles. The Morgan fingerprint density at radius 1 is 0.938 bits per heavy atom. The van der Waals surface area contributed by atoms with Crippen LogP contribution in [-0.2, 0) is 26.1 Å². The topological polar surface area (TPSA) is 158 Å². The molecule has 4 N–H and O–H groups in total. The molecule has 3 aromatic rings. The first-order valence-electron chi connectivity index (χ1n) is 9.23. The van der Waals surface area contributed by atoms with E-state index in [0.29, 0.717) is 11.4 Å². The number of amides is 2. The summed E-state index contributed by atoms with van der Waals surface area (Å²) in [4.78, 5) is 35.1. The van der Waals surface area contributed by atoms with Gasteiger partial charge in [0.25, 0.3) is 5.91 Å². The molecule has 1 heterocycles. The normalized spacial score (nSPS) is 11.0. The van der Waals surface area contributed by atoms with E-state index in [2.05, 4.69) is 10.0 Å². The van der Waals surface area contributed by atoms with E-state index in [-0.39, 0.29) is 22.6 Å². The van der Waals surface area contributed by atoms with E-state index in [1.54, 1.807) is 12.1 Å². The van der Waals surface area contributed by atoms with Crippen LogP contribution in [0.2, 0.25) is 0 Å². The highest BCUT2D eigenvalue weighted by atomic mass is 32.2. The molecule has 0 bridgehead atoms. The van der Waals surface area contributed by atoms with E-state index >= 15 is 0 Å². The summed E-state index contributed by atoms with van der Waals surface area (Å²) in [5.41, 5.74) is 5.91. The summed E-state index contributed by atoms with van der Waals surface area (Å²) in [6, 6.07) is 14.2. The number of nitrogens with two attached hydrogens (primary N) is 1. The van der Waals surface area contributed by atoms with Crippen molar-refractivity contribution in [3.8, 4) is 0 Å². The molecule has 166 valence electrons.